The molecule has 0 atom stereocenters. The Hall–Kier alpha value is -2.00. The van der Waals surface area contributed by atoms with E-state index >= 15 is 0 Å². The first kappa shape index (κ1) is 23.7. The molecular formula is C22H35F3N6. The van der Waals surface area contributed by atoms with E-state index in [1.165, 1.54) is 25.1 Å². The van der Waals surface area contributed by atoms with Crippen LogP contribution in [-0.2, 0) is 6.18 Å². The zero-order chi connectivity index (χ0) is 22.3. The molecule has 2 fully saturated rings. The zero-order valence-electron chi connectivity index (χ0n) is 18.7. The zero-order valence-corrected chi connectivity index (χ0v) is 18.7. The van der Waals surface area contributed by atoms with Gasteiger partial charge in [-0.25, -0.2) is 0 Å². The summed E-state index contributed by atoms with van der Waals surface area (Å²) < 4.78 is 39.0. The van der Waals surface area contributed by atoms with Crippen molar-refractivity contribution in [1.82, 2.24) is 20.0 Å². The van der Waals surface area contributed by atoms with Gasteiger partial charge in [-0.05, 0) is 57.7 Å². The van der Waals surface area contributed by atoms with Gasteiger partial charge in [-0.2, -0.15) is 13.2 Å². The van der Waals surface area contributed by atoms with Crippen molar-refractivity contribution in [2.45, 2.75) is 19.0 Å². The van der Waals surface area contributed by atoms with Crippen LogP contribution in [0.3, 0.4) is 0 Å². The molecule has 0 aromatic heterocycles. The van der Waals surface area contributed by atoms with Crippen molar-refractivity contribution < 1.29 is 13.2 Å². The SMILES string of the molecule is CN=C(NCCCN1CCCN(C)CC1)N1CCN(c2cccc(C(F)(F)F)c2)CC1. The number of guanidine groups is 1. The van der Waals surface area contributed by atoms with Crippen LogP contribution in [-0.4, -0.2) is 100 Å². The predicted molar refractivity (Wildman–Crippen MR) is 120 cm³/mol. The lowest BCUT2D eigenvalue weighted by Crippen LogP contribution is -2.52. The molecule has 31 heavy (non-hydrogen) atoms. The molecule has 0 spiro atoms. The molecule has 0 saturated carbocycles. The highest BCUT2D eigenvalue weighted by Crippen LogP contribution is 2.31. The van der Waals surface area contributed by atoms with E-state index < -0.39 is 11.7 Å². The minimum absolute atomic E-state index is 0.596. The van der Waals surface area contributed by atoms with Crippen molar-refractivity contribution in [2.24, 2.45) is 4.99 Å². The molecule has 6 nitrogen and oxygen atoms in total. The van der Waals surface area contributed by atoms with Crippen LogP contribution in [0.2, 0.25) is 0 Å². The second kappa shape index (κ2) is 11.0. The monoisotopic (exact) mass is 440 g/mol. The Labute approximate surface area is 183 Å². The predicted octanol–water partition coefficient (Wildman–Crippen LogP) is 2.43. The van der Waals surface area contributed by atoms with Crippen molar-refractivity contribution in [3.63, 3.8) is 0 Å². The summed E-state index contributed by atoms with van der Waals surface area (Å²) in [6.45, 7) is 9.35. The Morgan fingerprint density at radius 2 is 1.81 bits per heavy atom. The highest BCUT2D eigenvalue weighted by Gasteiger charge is 2.31. The highest BCUT2D eigenvalue weighted by molar-refractivity contribution is 5.80. The molecule has 9 heteroatoms. The second-order valence-electron chi connectivity index (χ2n) is 8.35. The van der Waals surface area contributed by atoms with Gasteiger partial charge in [0.15, 0.2) is 5.96 Å². The van der Waals surface area contributed by atoms with Gasteiger partial charge in [0.25, 0.3) is 0 Å². The summed E-state index contributed by atoms with van der Waals surface area (Å²) in [5.74, 6) is 0.874. The van der Waals surface area contributed by atoms with Crippen molar-refractivity contribution in [3.05, 3.63) is 29.8 Å². The Kier molecular flexibility index (Phi) is 8.43. The van der Waals surface area contributed by atoms with Crippen LogP contribution in [0.1, 0.15) is 18.4 Å². The molecule has 1 aromatic carbocycles. The van der Waals surface area contributed by atoms with Crippen LogP contribution in [0.25, 0.3) is 0 Å². The average molecular weight is 441 g/mol. The summed E-state index contributed by atoms with van der Waals surface area (Å²) in [5.41, 5.74) is 0.0291. The average Bonchev–Trinajstić information content (AvgIpc) is 2.97. The number of anilines is 1. The molecular weight excluding hydrogens is 405 g/mol. The third-order valence-electron chi connectivity index (χ3n) is 6.08. The number of hydrogen-bond acceptors (Lipinski definition) is 4. The number of piperazine rings is 1. The van der Waals surface area contributed by atoms with Gasteiger partial charge in [0, 0.05) is 58.5 Å². The molecule has 174 valence electrons. The Morgan fingerprint density at radius 3 is 2.52 bits per heavy atom. The van der Waals surface area contributed by atoms with E-state index in [1.54, 1.807) is 13.1 Å². The van der Waals surface area contributed by atoms with Crippen molar-refractivity contribution in [3.8, 4) is 0 Å². The lowest BCUT2D eigenvalue weighted by molar-refractivity contribution is -0.137. The maximum absolute atomic E-state index is 13.0. The van der Waals surface area contributed by atoms with Gasteiger partial charge in [0.05, 0.1) is 5.56 Å². The van der Waals surface area contributed by atoms with E-state index in [0.717, 1.165) is 64.3 Å². The Balaban J connectivity index is 1.42. The topological polar surface area (TPSA) is 37.4 Å². The van der Waals surface area contributed by atoms with Crippen LogP contribution in [0.4, 0.5) is 18.9 Å². The first-order valence-electron chi connectivity index (χ1n) is 11.2. The first-order chi connectivity index (χ1) is 14.9. The molecule has 2 aliphatic heterocycles. The maximum atomic E-state index is 13.0. The highest BCUT2D eigenvalue weighted by atomic mass is 19.4. The van der Waals surface area contributed by atoms with Gasteiger partial charge in [-0.15, -0.1) is 0 Å². The summed E-state index contributed by atoms with van der Waals surface area (Å²) in [6.07, 6.45) is -2.03. The second-order valence-corrected chi connectivity index (χ2v) is 8.35. The number of benzene rings is 1. The van der Waals surface area contributed by atoms with Crippen LogP contribution in [0.15, 0.2) is 29.3 Å². The summed E-state index contributed by atoms with van der Waals surface area (Å²) in [5, 5.41) is 3.46. The van der Waals surface area contributed by atoms with Gasteiger partial charge in [-0.3, -0.25) is 4.99 Å². The smallest absolute Gasteiger partial charge is 0.368 e. The normalized spacial score (nSPS) is 20.1. The number of rotatable bonds is 5. The van der Waals surface area contributed by atoms with Gasteiger partial charge >= 0.3 is 6.18 Å². The van der Waals surface area contributed by atoms with E-state index in [-0.39, 0.29) is 0 Å². The third-order valence-corrected chi connectivity index (χ3v) is 6.08. The Morgan fingerprint density at radius 1 is 1.03 bits per heavy atom. The molecule has 3 rings (SSSR count). The van der Waals surface area contributed by atoms with Crippen molar-refractivity contribution in [2.75, 3.05) is 84.4 Å². The van der Waals surface area contributed by atoms with Gasteiger partial charge in [0.2, 0.25) is 0 Å². The van der Waals surface area contributed by atoms with E-state index in [1.807, 2.05) is 4.90 Å². The lowest BCUT2D eigenvalue weighted by atomic mass is 10.1. The molecule has 0 aliphatic carbocycles. The molecule has 2 heterocycles. The molecule has 1 N–H and O–H groups in total. The quantitative estimate of drug-likeness (QED) is 0.433. The molecule has 2 saturated heterocycles. The van der Waals surface area contributed by atoms with E-state index in [0.29, 0.717) is 18.8 Å². The minimum Gasteiger partial charge on any atom is -0.368 e. The number of alkyl halides is 3. The first-order valence-corrected chi connectivity index (χ1v) is 11.2. The molecule has 1 aromatic rings. The van der Waals surface area contributed by atoms with Crippen LogP contribution in [0, 0.1) is 0 Å². The standard InChI is InChI=1S/C22H35F3N6/c1-26-21(27-8-4-10-29-11-5-9-28(2)12-13-29)31-16-14-30(15-17-31)20-7-3-6-19(18-20)22(23,24)25/h3,6-7,18H,4-5,8-17H2,1-2H3,(H,26,27). The molecule has 0 unspecified atom stereocenters. The number of nitrogens with zero attached hydrogens (tertiary/aromatic N) is 5. The number of likely N-dealkylation sites (N-methyl/N-ethyl adjacent to an activating group) is 1. The third kappa shape index (κ3) is 7.00. The lowest BCUT2D eigenvalue weighted by Gasteiger charge is -2.38. The van der Waals surface area contributed by atoms with Gasteiger partial charge in [-0.1, -0.05) is 6.07 Å². The van der Waals surface area contributed by atoms with Crippen LogP contribution < -0.4 is 10.2 Å². The molecule has 0 radical (unpaired) electrons. The maximum Gasteiger partial charge on any atom is 0.416 e. The molecule has 2 aliphatic rings. The summed E-state index contributed by atoms with van der Waals surface area (Å²) in [7, 11) is 3.97. The number of nitrogens with one attached hydrogen (secondary N) is 1. The van der Waals surface area contributed by atoms with E-state index in [4.69, 9.17) is 0 Å². The summed E-state index contributed by atoms with van der Waals surface area (Å²) in [4.78, 5) is 13.5. The Bertz CT molecular complexity index is 715. The molecule has 0 amide bonds. The fourth-order valence-electron chi connectivity index (χ4n) is 4.21. The largest absolute Gasteiger partial charge is 0.416 e. The fourth-order valence-corrected chi connectivity index (χ4v) is 4.21. The number of aliphatic imine (C=N–C) groups is 1. The van der Waals surface area contributed by atoms with E-state index in [9.17, 15) is 13.2 Å². The minimum atomic E-state index is -4.31. The molecule has 0 bridgehead atoms. The van der Waals surface area contributed by atoms with Crippen molar-refractivity contribution in [1.29, 1.82) is 0 Å². The summed E-state index contributed by atoms with van der Waals surface area (Å²) >= 11 is 0. The van der Waals surface area contributed by atoms with Gasteiger partial charge < -0.3 is 24.9 Å². The van der Waals surface area contributed by atoms with E-state index in [2.05, 4.69) is 32.1 Å². The number of halogens is 3. The fraction of sp³-hybridized carbons (Fsp3) is 0.682. The van der Waals surface area contributed by atoms with Crippen LogP contribution >= 0.6 is 0 Å². The number of hydrogen-bond donors (Lipinski definition) is 1. The van der Waals surface area contributed by atoms with Gasteiger partial charge in [0.1, 0.15) is 0 Å². The summed E-state index contributed by atoms with van der Waals surface area (Å²) in [6, 6.07) is 5.59. The van der Waals surface area contributed by atoms with Crippen molar-refractivity contribution >= 4 is 11.6 Å². The van der Waals surface area contributed by atoms with Crippen LogP contribution in [0.5, 0.6) is 0 Å².